The third kappa shape index (κ3) is 4.10. The lowest BCUT2D eigenvalue weighted by Crippen LogP contribution is -2.13. The van der Waals surface area contributed by atoms with Crippen molar-refractivity contribution in [2.24, 2.45) is 0 Å². The van der Waals surface area contributed by atoms with Crippen molar-refractivity contribution in [3.8, 4) is 0 Å². The van der Waals surface area contributed by atoms with Crippen LogP contribution in [0.1, 0.15) is 19.8 Å². The summed E-state index contributed by atoms with van der Waals surface area (Å²) >= 11 is 3.19. The van der Waals surface area contributed by atoms with Gasteiger partial charge in [-0.3, -0.25) is 4.79 Å². The molecule has 0 aliphatic heterocycles. The van der Waals surface area contributed by atoms with Gasteiger partial charge >= 0.3 is 0 Å². The first kappa shape index (κ1) is 12.8. The third-order valence-corrected chi connectivity index (χ3v) is 2.60. The summed E-state index contributed by atoms with van der Waals surface area (Å²) in [5, 5.41) is 2.53. The zero-order valence-electron chi connectivity index (χ0n) is 8.72. The topological polar surface area (TPSA) is 46.2 Å². The van der Waals surface area contributed by atoms with Crippen LogP contribution >= 0.6 is 15.9 Å². The van der Waals surface area contributed by atoms with E-state index in [2.05, 4.69) is 21.2 Å². The lowest BCUT2D eigenvalue weighted by molar-refractivity contribution is -0.121. The standard InChI is InChI=1S/C11H11BrFNO2/c1-7(15)2-5-11(16)14-10-6-8(13)3-4-9(10)12/h3-4,6H,2,5H2,1H3,(H,14,16). The Hall–Kier alpha value is -1.23. The zero-order valence-corrected chi connectivity index (χ0v) is 10.3. The molecule has 1 amide bonds. The molecular formula is C11H11BrFNO2. The lowest BCUT2D eigenvalue weighted by atomic mass is 10.2. The molecule has 0 radical (unpaired) electrons. The summed E-state index contributed by atoms with van der Waals surface area (Å²) in [7, 11) is 0. The largest absolute Gasteiger partial charge is 0.325 e. The van der Waals surface area contributed by atoms with Gasteiger partial charge in [-0.25, -0.2) is 4.39 Å². The average molecular weight is 288 g/mol. The van der Waals surface area contributed by atoms with Crippen molar-refractivity contribution in [2.75, 3.05) is 5.32 Å². The Morgan fingerprint density at radius 3 is 2.69 bits per heavy atom. The second kappa shape index (κ2) is 5.75. The highest BCUT2D eigenvalue weighted by Crippen LogP contribution is 2.23. The molecule has 0 aromatic heterocycles. The number of ketones is 1. The van der Waals surface area contributed by atoms with E-state index in [9.17, 15) is 14.0 Å². The Morgan fingerprint density at radius 2 is 2.06 bits per heavy atom. The lowest BCUT2D eigenvalue weighted by Gasteiger charge is -2.06. The monoisotopic (exact) mass is 287 g/mol. The summed E-state index contributed by atoms with van der Waals surface area (Å²) in [6.45, 7) is 1.42. The normalized spacial score (nSPS) is 9.94. The van der Waals surface area contributed by atoms with E-state index >= 15 is 0 Å². The molecule has 0 heterocycles. The van der Waals surface area contributed by atoms with E-state index in [1.54, 1.807) is 0 Å². The summed E-state index contributed by atoms with van der Waals surface area (Å²) in [5.41, 5.74) is 0.369. The van der Waals surface area contributed by atoms with Crippen molar-refractivity contribution >= 4 is 33.3 Å². The molecule has 1 aromatic carbocycles. The molecule has 16 heavy (non-hydrogen) atoms. The fourth-order valence-electron chi connectivity index (χ4n) is 1.10. The SMILES string of the molecule is CC(=O)CCC(=O)Nc1cc(F)ccc1Br. The number of amides is 1. The van der Waals surface area contributed by atoms with Crippen LogP contribution in [-0.4, -0.2) is 11.7 Å². The number of benzene rings is 1. The highest BCUT2D eigenvalue weighted by molar-refractivity contribution is 9.10. The summed E-state index contributed by atoms with van der Waals surface area (Å²) in [4.78, 5) is 22.0. The van der Waals surface area contributed by atoms with Crippen LogP contribution in [0, 0.1) is 5.82 Å². The Kier molecular flexibility index (Phi) is 4.61. The van der Waals surface area contributed by atoms with Crippen molar-refractivity contribution in [1.29, 1.82) is 0 Å². The van der Waals surface area contributed by atoms with Crippen molar-refractivity contribution in [3.63, 3.8) is 0 Å². The van der Waals surface area contributed by atoms with Gasteiger partial charge in [0, 0.05) is 17.3 Å². The highest BCUT2D eigenvalue weighted by Gasteiger charge is 2.07. The van der Waals surface area contributed by atoms with Crippen LogP contribution in [0.5, 0.6) is 0 Å². The van der Waals surface area contributed by atoms with Crippen molar-refractivity contribution in [2.45, 2.75) is 19.8 Å². The number of carbonyl (C=O) groups is 2. The molecule has 3 nitrogen and oxygen atoms in total. The van der Waals surface area contributed by atoms with E-state index < -0.39 is 5.82 Å². The Morgan fingerprint density at radius 1 is 1.38 bits per heavy atom. The van der Waals surface area contributed by atoms with Gasteiger partial charge in [-0.15, -0.1) is 0 Å². The number of Topliss-reactive ketones (excluding diaryl/α,β-unsaturated/α-hetero) is 1. The van der Waals surface area contributed by atoms with Gasteiger partial charge in [0.1, 0.15) is 11.6 Å². The van der Waals surface area contributed by atoms with Crippen LogP contribution in [0.4, 0.5) is 10.1 Å². The van der Waals surface area contributed by atoms with Gasteiger partial charge in [0.2, 0.25) is 5.91 Å². The molecule has 1 aromatic rings. The van der Waals surface area contributed by atoms with E-state index in [0.717, 1.165) is 0 Å². The minimum Gasteiger partial charge on any atom is -0.325 e. The van der Waals surface area contributed by atoms with Gasteiger partial charge in [-0.05, 0) is 41.1 Å². The molecule has 0 spiro atoms. The second-order valence-corrected chi connectivity index (χ2v) is 4.23. The fraction of sp³-hybridized carbons (Fsp3) is 0.273. The maximum Gasteiger partial charge on any atom is 0.224 e. The van der Waals surface area contributed by atoms with Gasteiger partial charge in [-0.1, -0.05) is 0 Å². The number of hydrogen-bond donors (Lipinski definition) is 1. The van der Waals surface area contributed by atoms with Crippen LogP contribution in [0.15, 0.2) is 22.7 Å². The van der Waals surface area contributed by atoms with Gasteiger partial charge in [0.25, 0.3) is 0 Å². The maximum atomic E-state index is 12.9. The predicted molar refractivity (Wildman–Crippen MR) is 62.6 cm³/mol. The fourth-order valence-corrected chi connectivity index (χ4v) is 1.44. The quantitative estimate of drug-likeness (QED) is 0.926. The Bertz CT molecular complexity index is 420. The summed E-state index contributed by atoms with van der Waals surface area (Å²) in [5.74, 6) is -0.778. The van der Waals surface area contributed by atoms with Crippen molar-refractivity contribution in [1.82, 2.24) is 0 Å². The molecule has 0 saturated heterocycles. The maximum absolute atomic E-state index is 12.9. The summed E-state index contributed by atoms with van der Waals surface area (Å²) in [6.07, 6.45) is 0.303. The molecular weight excluding hydrogens is 277 g/mol. The molecule has 0 bridgehead atoms. The number of carbonyl (C=O) groups excluding carboxylic acids is 2. The van der Waals surface area contributed by atoms with Gasteiger partial charge in [0.05, 0.1) is 5.69 Å². The molecule has 0 saturated carbocycles. The van der Waals surface area contributed by atoms with Crippen LogP contribution in [-0.2, 0) is 9.59 Å². The van der Waals surface area contributed by atoms with Crippen molar-refractivity contribution < 1.29 is 14.0 Å². The number of halogens is 2. The Balaban J connectivity index is 2.62. The second-order valence-electron chi connectivity index (χ2n) is 3.37. The van der Waals surface area contributed by atoms with Gasteiger partial charge in [-0.2, -0.15) is 0 Å². The molecule has 0 unspecified atom stereocenters. The number of hydrogen-bond acceptors (Lipinski definition) is 2. The number of rotatable bonds is 4. The first-order valence-electron chi connectivity index (χ1n) is 4.73. The third-order valence-electron chi connectivity index (χ3n) is 1.91. The molecule has 5 heteroatoms. The minimum atomic E-state index is -0.426. The van der Waals surface area contributed by atoms with Crippen LogP contribution in [0.2, 0.25) is 0 Å². The van der Waals surface area contributed by atoms with E-state index in [1.165, 1.54) is 25.1 Å². The van der Waals surface area contributed by atoms with Gasteiger partial charge in [0.15, 0.2) is 0 Å². The molecule has 1 rings (SSSR count). The van der Waals surface area contributed by atoms with E-state index in [0.29, 0.717) is 10.2 Å². The average Bonchev–Trinajstić information content (AvgIpc) is 2.20. The van der Waals surface area contributed by atoms with E-state index in [-0.39, 0.29) is 24.5 Å². The van der Waals surface area contributed by atoms with Gasteiger partial charge < -0.3 is 10.1 Å². The molecule has 0 fully saturated rings. The Labute approximate surface area is 101 Å². The van der Waals surface area contributed by atoms with E-state index in [4.69, 9.17) is 0 Å². The molecule has 0 aliphatic carbocycles. The highest BCUT2D eigenvalue weighted by atomic mass is 79.9. The minimum absolute atomic E-state index is 0.0477. The zero-order chi connectivity index (χ0) is 12.1. The van der Waals surface area contributed by atoms with Crippen LogP contribution in [0.3, 0.4) is 0 Å². The number of anilines is 1. The van der Waals surface area contributed by atoms with E-state index in [1.807, 2.05) is 0 Å². The predicted octanol–water partition coefficient (Wildman–Crippen LogP) is 2.90. The van der Waals surface area contributed by atoms with Crippen LogP contribution in [0.25, 0.3) is 0 Å². The van der Waals surface area contributed by atoms with Crippen molar-refractivity contribution in [3.05, 3.63) is 28.5 Å². The first-order valence-corrected chi connectivity index (χ1v) is 5.52. The summed E-state index contributed by atoms with van der Waals surface area (Å²) < 4.78 is 13.5. The molecule has 1 N–H and O–H groups in total. The summed E-state index contributed by atoms with van der Waals surface area (Å²) in [6, 6.07) is 4.01. The molecule has 0 atom stereocenters. The smallest absolute Gasteiger partial charge is 0.224 e. The molecule has 86 valence electrons. The van der Waals surface area contributed by atoms with Crippen LogP contribution < -0.4 is 5.32 Å². The molecule has 0 aliphatic rings. The number of nitrogens with one attached hydrogen (secondary N) is 1. The first-order chi connectivity index (χ1) is 7.49.